The third-order valence-electron chi connectivity index (χ3n) is 13.0. The van der Waals surface area contributed by atoms with Crippen LogP contribution in [0.4, 0.5) is 0 Å². The Bertz CT molecular complexity index is 2340. The lowest BCUT2D eigenvalue weighted by atomic mass is 10.0. The van der Waals surface area contributed by atoms with E-state index in [-0.39, 0.29) is 67.7 Å². The van der Waals surface area contributed by atoms with Gasteiger partial charge in [-0.25, -0.2) is 4.79 Å². The maximum Gasteiger partial charge on any atom is 0.329 e. The molecule has 6 amide bonds. The number of nitrogens with two attached hydrogens (primary N) is 2. The van der Waals surface area contributed by atoms with Crippen LogP contribution < -0.4 is 33.1 Å². The highest BCUT2D eigenvalue weighted by Gasteiger charge is 2.57. The maximum atomic E-state index is 13.7. The van der Waals surface area contributed by atoms with Gasteiger partial charge in [0, 0.05) is 46.5 Å². The lowest BCUT2D eigenvalue weighted by molar-refractivity contribution is -0.141. The number of amides is 6. The number of unbranched alkanes of at least 4 members (excludes halogenated alkanes) is 1. The average molecular weight is 977 g/mol. The number of primary amides is 1. The number of aryl methyl sites for hydroxylation is 3. The SMILES string of the molecule is CC(=O)O.CCCC[C@H](N)C(=O)N1C[C@H]2C[C@H]2[C@H]1C(=O)N[C@@H](CCC(N)=O)[C@@H](C)OCc1ccc(CCCNC(=O)COCCOCCCc2ccc3c(c2)n(C)c(=O)n3C2CCC(=O)NC2=O)cc1. The van der Waals surface area contributed by atoms with Gasteiger partial charge in [0.2, 0.25) is 35.4 Å². The number of hydrogen-bond donors (Lipinski definition) is 6. The number of carbonyl (C=O) groups is 7. The number of ether oxygens (including phenoxy) is 3. The summed E-state index contributed by atoms with van der Waals surface area (Å²) in [5, 5.41) is 15.7. The van der Waals surface area contributed by atoms with Crippen molar-refractivity contribution < 1.29 is 52.9 Å². The number of carboxylic acids is 1. The number of benzene rings is 2. The van der Waals surface area contributed by atoms with Crippen LogP contribution in [0.5, 0.6) is 0 Å². The molecule has 8 N–H and O–H groups in total. The summed E-state index contributed by atoms with van der Waals surface area (Å²) in [6.45, 7) is 7.40. The lowest BCUT2D eigenvalue weighted by Crippen LogP contribution is -2.56. The van der Waals surface area contributed by atoms with Crippen LogP contribution in [-0.4, -0.2) is 124 Å². The Labute approximate surface area is 408 Å². The number of imide groups is 1. The zero-order chi connectivity index (χ0) is 50.9. The third-order valence-corrected chi connectivity index (χ3v) is 13.0. The van der Waals surface area contributed by atoms with Gasteiger partial charge >= 0.3 is 5.69 Å². The summed E-state index contributed by atoms with van der Waals surface area (Å²) in [6.07, 6.45) is 6.70. The minimum atomic E-state index is -0.833. The minimum Gasteiger partial charge on any atom is -0.481 e. The van der Waals surface area contributed by atoms with E-state index < -0.39 is 48.1 Å². The number of carbonyl (C=O) groups excluding carboxylic acids is 6. The Hall–Kier alpha value is -5.96. The number of imidazole rings is 1. The number of piperidine rings is 2. The second kappa shape index (κ2) is 26.9. The molecule has 384 valence electrons. The van der Waals surface area contributed by atoms with Gasteiger partial charge in [0.15, 0.2) is 0 Å². The molecule has 7 atom stereocenters. The van der Waals surface area contributed by atoms with Crippen molar-refractivity contribution in [1.82, 2.24) is 30.0 Å². The molecule has 1 unspecified atom stereocenters. The molecule has 3 aliphatic rings. The molecule has 0 bridgehead atoms. The largest absolute Gasteiger partial charge is 0.481 e. The molecule has 3 fully saturated rings. The number of aliphatic carboxylic acids is 1. The van der Waals surface area contributed by atoms with Crippen molar-refractivity contribution >= 4 is 52.4 Å². The van der Waals surface area contributed by atoms with E-state index in [9.17, 15) is 33.6 Å². The standard InChI is InChI=1S/C48H68N8O10.C2H4O2/c1-4-5-10-36(49)47(62)55-27-34-26-35(34)44(55)46(61)52-37(16-19-41(50)57)30(2)66-28-33-13-11-31(12-14-33)8-6-21-51-43(59)29-65-24-23-64-22-7-9-32-15-17-38-40(25-32)54(3)48(63)56(38)39-18-20-42(58)53-45(39)60;1-2(3)4/h11-15,17,25,30,34-37,39,44H,4-10,16,18-24,26-29,49H2,1-3H3,(H2,50,57)(H,51,59)(H,52,61)(H,53,58,60);1H3,(H,3,4)/t30-,34-,35-,36+,37+,39?,44+;/m1./s1. The first kappa shape index (κ1) is 55.0. The Balaban J connectivity index is 0.00000219. The van der Waals surface area contributed by atoms with E-state index in [1.807, 2.05) is 56.3 Å². The van der Waals surface area contributed by atoms with Gasteiger partial charge in [0.05, 0.1) is 49.0 Å². The van der Waals surface area contributed by atoms with Crippen molar-refractivity contribution in [3.63, 3.8) is 0 Å². The van der Waals surface area contributed by atoms with Crippen LogP contribution in [0.2, 0.25) is 0 Å². The predicted octanol–water partition coefficient (Wildman–Crippen LogP) is 2.14. The Morgan fingerprint density at radius 1 is 0.914 bits per heavy atom. The van der Waals surface area contributed by atoms with E-state index in [2.05, 4.69) is 16.0 Å². The monoisotopic (exact) mass is 977 g/mol. The Morgan fingerprint density at radius 2 is 1.60 bits per heavy atom. The first-order chi connectivity index (χ1) is 33.5. The zero-order valence-corrected chi connectivity index (χ0v) is 41.0. The summed E-state index contributed by atoms with van der Waals surface area (Å²) in [5.74, 6) is -2.26. The topological polar surface area (TPSA) is 286 Å². The van der Waals surface area contributed by atoms with Gasteiger partial charge in [-0.1, -0.05) is 50.1 Å². The first-order valence-corrected chi connectivity index (χ1v) is 24.5. The van der Waals surface area contributed by atoms with Crippen LogP contribution >= 0.6 is 0 Å². The summed E-state index contributed by atoms with van der Waals surface area (Å²) < 4.78 is 20.4. The molecule has 70 heavy (non-hydrogen) atoms. The average Bonchev–Trinajstić information content (AvgIpc) is 3.91. The van der Waals surface area contributed by atoms with Crippen molar-refractivity contribution in [2.75, 3.05) is 39.5 Å². The molecule has 20 heteroatoms. The highest BCUT2D eigenvalue weighted by atomic mass is 16.5. The van der Waals surface area contributed by atoms with Crippen molar-refractivity contribution in [2.24, 2.45) is 30.4 Å². The predicted molar refractivity (Wildman–Crippen MR) is 259 cm³/mol. The molecule has 0 radical (unpaired) electrons. The fraction of sp³-hybridized carbons (Fsp3) is 0.600. The van der Waals surface area contributed by atoms with E-state index in [4.69, 9.17) is 35.6 Å². The minimum absolute atomic E-state index is 0.0612. The molecule has 1 aliphatic carbocycles. The fourth-order valence-electron chi connectivity index (χ4n) is 9.05. The molecule has 1 saturated carbocycles. The summed E-state index contributed by atoms with van der Waals surface area (Å²) in [5.41, 5.74) is 15.8. The first-order valence-electron chi connectivity index (χ1n) is 24.5. The van der Waals surface area contributed by atoms with Crippen LogP contribution in [-0.2, 0) is 74.3 Å². The molecule has 2 aliphatic heterocycles. The van der Waals surface area contributed by atoms with E-state index in [0.717, 1.165) is 74.1 Å². The van der Waals surface area contributed by atoms with Gasteiger partial charge in [-0.05, 0) is 98.9 Å². The van der Waals surface area contributed by atoms with Crippen LogP contribution in [0.15, 0.2) is 47.3 Å². The van der Waals surface area contributed by atoms with Gasteiger partial charge in [-0.3, -0.25) is 48.0 Å². The second-order valence-electron chi connectivity index (χ2n) is 18.5. The number of nitrogens with zero attached hydrogens (tertiary/aromatic N) is 3. The van der Waals surface area contributed by atoms with Gasteiger partial charge < -0.3 is 46.3 Å². The van der Waals surface area contributed by atoms with Gasteiger partial charge in [0.25, 0.3) is 5.97 Å². The van der Waals surface area contributed by atoms with Gasteiger partial charge in [-0.15, -0.1) is 0 Å². The van der Waals surface area contributed by atoms with Crippen LogP contribution in [0.25, 0.3) is 11.0 Å². The van der Waals surface area contributed by atoms with Crippen LogP contribution in [0.1, 0.15) is 108 Å². The highest BCUT2D eigenvalue weighted by molar-refractivity contribution is 6.00. The summed E-state index contributed by atoms with van der Waals surface area (Å²) in [7, 11) is 1.67. The van der Waals surface area contributed by atoms with Crippen molar-refractivity contribution in [1.29, 1.82) is 0 Å². The Morgan fingerprint density at radius 3 is 2.30 bits per heavy atom. The zero-order valence-electron chi connectivity index (χ0n) is 41.0. The van der Waals surface area contributed by atoms with Crippen LogP contribution in [0.3, 0.4) is 0 Å². The summed E-state index contributed by atoms with van der Waals surface area (Å²) in [4.78, 5) is 98.7. The maximum absolute atomic E-state index is 13.7. The molecule has 2 aromatic carbocycles. The number of aromatic nitrogens is 2. The summed E-state index contributed by atoms with van der Waals surface area (Å²) in [6, 6.07) is 11.3. The van der Waals surface area contributed by atoms with E-state index in [1.165, 1.54) is 9.13 Å². The van der Waals surface area contributed by atoms with Gasteiger partial charge in [-0.2, -0.15) is 0 Å². The Kier molecular flexibility index (Phi) is 21.1. The smallest absolute Gasteiger partial charge is 0.329 e. The van der Waals surface area contributed by atoms with Crippen molar-refractivity contribution in [2.45, 2.75) is 135 Å². The number of rotatable bonds is 27. The molecular weight excluding hydrogens is 905 g/mol. The van der Waals surface area contributed by atoms with Crippen LogP contribution in [0, 0.1) is 11.8 Å². The van der Waals surface area contributed by atoms with E-state index >= 15 is 0 Å². The van der Waals surface area contributed by atoms with E-state index in [0.29, 0.717) is 57.2 Å². The number of carboxylic acid groups (broad SMARTS) is 1. The normalized spacial score (nSPS) is 19.6. The molecule has 3 aromatic rings. The number of likely N-dealkylation sites (tertiary alicyclic amines) is 1. The third kappa shape index (κ3) is 16.0. The van der Waals surface area contributed by atoms with Gasteiger partial charge in [0.1, 0.15) is 18.7 Å². The summed E-state index contributed by atoms with van der Waals surface area (Å²) >= 11 is 0. The molecule has 20 nitrogen and oxygen atoms in total. The number of fused-ring (bicyclic) bond motifs is 2. The molecule has 6 rings (SSSR count). The highest BCUT2D eigenvalue weighted by Crippen LogP contribution is 2.50. The molecule has 2 saturated heterocycles. The second-order valence-corrected chi connectivity index (χ2v) is 18.5. The van der Waals surface area contributed by atoms with E-state index in [1.54, 1.807) is 11.9 Å². The quantitative estimate of drug-likeness (QED) is 0.0473. The number of hydrogen-bond acceptors (Lipinski definition) is 12. The lowest BCUT2D eigenvalue weighted by Gasteiger charge is -2.32. The van der Waals surface area contributed by atoms with Crippen molar-refractivity contribution in [3.05, 3.63) is 69.6 Å². The molecular formula is C50H72N8O12. The number of nitrogens with one attached hydrogen (secondary N) is 3. The fourth-order valence-corrected chi connectivity index (χ4v) is 9.05. The molecule has 1 aromatic heterocycles. The molecule has 3 heterocycles. The van der Waals surface area contributed by atoms with Crippen molar-refractivity contribution in [3.8, 4) is 0 Å². The molecule has 0 spiro atoms.